The Labute approximate surface area is 149 Å². The van der Waals surface area contributed by atoms with E-state index in [1.54, 1.807) is 0 Å². The number of nitrogens with zero attached hydrogens (tertiary/aromatic N) is 3. The molecule has 0 bridgehead atoms. The molecule has 25 heavy (non-hydrogen) atoms. The first-order valence-corrected chi connectivity index (χ1v) is 8.41. The fourth-order valence-corrected chi connectivity index (χ4v) is 3.85. The van der Waals surface area contributed by atoms with Gasteiger partial charge in [-0.3, -0.25) is 0 Å². The van der Waals surface area contributed by atoms with Crippen molar-refractivity contribution in [1.29, 1.82) is 5.26 Å². The summed E-state index contributed by atoms with van der Waals surface area (Å²) in [6, 6.07) is 19.5. The van der Waals surface area contributed by atoms with E-state index in [0.717, 1.165) is 16.1 Å². The molecule has 4 rings (SSSR count). The minimum Gasteiger partial charge on any atom is -0.383 e. The summed E-state index contributed by atoms with van der Waals surface area (Å²) in [7, 11) is 0. The number of hydrogen-bond acceptors (Lipinski definition) is 6. The van der Waals surface area contributed by atoms with Crippen LogP contribution in [0.4, 0.5) is 11.5 Å². The van der Waals surface area contributed by atoms with Crippen molar-refractivity contribution in [3.63, 3.8) is 0 Å². The summed E-state index contributed by atoms with van der Waals surface area (Å²) in [6.07, 6.45) is 0. The van der Waals surface area contributed by atoms with Gasteiger partial charge in [0.2, 0.25) is 0 Å². The van der Waals surface area contributed by atoms with Gasteiger partial charge in [-0.15, -0.1) is 0 Å². The molecular formula is C19H13N5S. The summed E-state index contributed by atoms with van der Waals surface area (Å²) < 4.78 is 0. The molecule has 0 unspecified atom stereocenters. The van der Waals surface area contributed by atoms with Crippen LogP contribution in [0.3, 0.4) is 0 Å². The van der Waals surface area contributed by atoms with Crippen molar-refractivity contribution in [3.05, 3.63) is 65.7 Å². The molecule has 0 atom stereocenters. The number of fused-ring (bicyclic) bond motifs is 2. The van der Waals surface area contributed by atoms with E-state index in [-0.39, 0.29) is 5.82 Å². The number of nitriles is 1. The molecule has 2 heterocycles. The van der Waals surface area contributed by atoms with Gasteiger partial charge >= 0.3 is 0 Å². The van der Waals surface area contributed by atoms with Crippen LogP contribution in [0, 0.1) is 11.3 Å². The normalized spacial score (nSPS) is 12.4. The third-order valence-electron chi connectivity index (χ3n) is 3.94. The topological polar surface area (TPSA) is 101 Å². The van der Waals surface area contributed by atoms with Gasteiger partial charge in [-0.1, -0.05) is 54.2 Å². The lowest BCUT2D eigenvalue weighted by Gasteiger charge is -2.15. The van der Waals surface area contributed by atoms with Crippen LogP contribution >= 0.6 is 11.8 Å². The first-order valence-electron chi connectivity index (χ1n) is 7.59. The van der Waals surface area contributed by atoms with Crippen LogP contribution in [-0.4, -0.2) is 10.8 Å². The molecule has 1 aromatic heterocycles. The van der Waals surface area contributed by atoms with E-state index in [2.05, 4.69) is 16.0 Å². The first-order chi connectivity index (χ1) is 12.2. The molecular weight excluding hydrogens is 330 g/mol. The van der Waals surface area contributed by atoms with E-state index in [9.17, 15) is 5.26 Å². The Morgan fingerprint density at radius 2 is 1.64 bits per heavy atom. The minimum atomic E-state index is 0.194. The maximum absolute atomic E-state index is 9.63. The quantitative estimate of drug-likeness (QED) is 0.701. The van der Waals surface area contributed by atoms with Crippen molar-refractivity contribution in [2.24, 2.45) is 10.7 Å². The number of nitrogens with two attached hydrogens (primary N) is 2. The number of benzene rings is 2. The van der Waals surface area contributed by atoms with Crippen LogP contribution in [0.15, 0.2) is 69.5 Å². The van der Waals surface area contributed by atoms with Gasteiger partial charge in [0.15, 0.2) is 0 Å². The third-order valence-corrected chi connectivity index (χ3v) is 4.99. The van der Waals surface area contributed by atoms with Gasteiger partial charge in [0.1, 0.15) is 28.3 Å². The van der Waals surface area contributed by atoms with Crippen LogP contribution < -0.4 is 11.5 Å². The highest BCUT2D eigenvalue weighted by atomic mass is 32.2. The summed E-state index contributed by atoms with van der Waals surface area (Å²) in [6.45, 7) is 0. The number of amidine groups is 1. The van der Waals surface area contributed by atoms with Crippen LogP contribution in [0.5, 0.6) is 0 Å². The Kier molecular flexibility index (Phi) is 3.64. The molecule has 120 valence electrons. The van der Waals surface area contributed by atoms with Crippen molar-refractivity contribution in [2.45, 2.75) is 9.92 Å². The zero-order chi connectivity index (χ0) is 17.4. The lowest BCUT2D eigenvalue weighted by molar-refractivity contribution is 1.12. The van der Waals surface area contributed by atoms with E-state index >= 15 is 0 Å². The van der Waals surface area contributed by atoms with Crippen LogP contribution in [0.25, 0.3) is 11.1 Å². The van der Waals surface area contributed by atoms with Crippen molar-refractivity contribution in [1.82, 2.24) is 4.98 Å². The van der Waals surface area contributed by atoms with Crippen molar-refractivity contribution in [3.8, 4) is 17.2 Å². The summed E-state index contributed by atoms with van der Waals surface area (Å²) in [5.74, 6) is 0.523. The Morgan fingerprint density at radius 3 is 2.40 bits per heavy atom. The molecule has 0 saturated heterocycles. The molecule has 2 aromatic carbocycles. The number of hydrogen-bond donors (Lipinski definition) is 2. The lowest BCUT2D eigenvalue weighted by Crippen LogP contribution is -2.17. The van der Waals surface area contributed by atoms with Crippen LogP contribution in [0.2, 0.25) is 0 Å². The number of nitrogen functional groups attached to an aromatic ring is 1. The maximum atomic E-state index is 9.63. The largest absolute Gasteiger partial charge is 0.383 e. The van der Waals surface area contributed by atoms with E-state index in [4.69, 9.17) is 11.5 Å². The second-order valence-electron chi connectivity index (χ2n) is 5.47. The predicted octanol–water partition coefficient (Wildman–Crippen LogP) is 3.70. The fraction of sp³-hybridized carbons (Fsp3) is 0. The maximum Gasteiger partial charge on any atom is 0.143 e. The Morgan fingerprint density at radius 1 is 0.920 bits per heavy atom. The monoisotopic (exact) mass is 343 g/mol. The Balaban J connectivity index is 2.09. The molecule has 1 aliphatic heterocycles. The lowest BCUT2D eigenvalue weighted by atomic mass is 9.96. The van der Waals surface area contributed by atoms with Gasteiger partial charge in [0, 0.05) is 10.5 Å². The van der Waals surface area contributed by atoms with Gasteiger partial charge < -0.3 is 11.5 Å². The standard InChI is InChI=1S/C19H13N5S/c20-10-12-15(11-6-2-1-3-7-11)16-18(22)23-13-8-4-5-9-14(13)25-19(16)24-17(12)21/h1-9H,(H2,21,24)(H2,22,23). The summed E-state index contributed by atoms with van der Waals surface area (Å²) >= 11 is 1.45. The molecule has 1 aliphatic rings. The van der Waals surface area contributed by atoms with Crippen LogP contribution in [-0.2, 0) is 0 Å². The van der Waals surface area contributed by atoms with Crippen LogP contribution in [0.1, 0.15) is 11.1 Å². The molecule has 4 N–H and O–H groups in total. The Hall–Kier alpha value is -3.30. The zero-order valence-electron chi connectivity index (χ0n) is 13.1. The van der Waals surface area contributed by atoms with Gasteiger partial charge in [0.25, 0.3) is 0 Å². The molecule has 0 spiro atoms. The molecule has 6 heteroatoms. The molecule has 0 aliphatic carbocycles. The summed E-state index contributed by atoms with van der Waals surface area (Å²) in [4.78, 5) is 9.94. The minimum absolute atomic E-state index is 0.194. The summed E-state index contributed by atoms with van der Waals surface area (Å²) in [5.41, 5.74) is 15.7. The fourth-order valence-electron chi connectivity index (χ4n) is 2.83. The molecule has 0 saturated carbocycles. The number of aliphatic imine (C=N–C) groups is 1. The number of rotatable bonds is 1. The summed E-state index contributed by atoms with van der Waals surface area (Å²) in [5, 5.41) is 10.3. The number of anilines is 1. The second kappa shape index (κ2) is 5.96. The van der Waals surface area contributed by atoms with Crippen molar-refractivity contribution in [2.75, 3.05) is 5.73 Å². The van der Waals surface area contributed by atoms with E-state index < -0.39 is 0 Å². The third kappa shape index (κ3) is 2.51. The SMILES string of the molecule is N#Cc1c(N)nc2c(c1-c1ccccc1)C(N)=Nc1ccccc1S2. The number of pyridine rings is 1. The number of aromatic nitrogens is 1. The number of para-hydroxylation sites is 1. The van der Waals surface area contributed by atoms with Gasteiger partial charge in [-0.05, 0) is 17.7 Å². The average Bonchev–Trinajstić information content (AvgIpc) is 2.76. The second-order valence-corrected chi connectivity index (χ2v) is 6.50. The highest BCUT2D eigenvalue weighted by Crippen LogP contribution is 2.43. The first kappa shape index (κ1) is 15.2. The van der Waals surface area contributed by atoms with Gasteiger partial charge in [-0.2, -0.15) is 5.26 Å². The van der Waals surface area contributed by atoms with Gasteiger partial charge in [-0.25, -0.2) is 9.98 Å². The highest BCUT2D eigenvalue weighted by Gasteiger charge is 2.25. The van der Waals surface area contributed by atoms with Crippen molar-refractivity contribution >= 4 is 29.1 Å². The predicted molar refractivity (Wildman–Crippen MR) is 99.7 cm³/mol. The van der Waals surface area contributed by atoms with Gasteiger partial charge in [0.05, 0.1) is 11.3 Å². The van der Waals surface area contributed by atoms with E-state index in [0.29, 0.717) is 27.6 Å². The van der Waals surface area contributed by atoms with E-state index in [1.807, 2.05) is 54.6 Å². The van der Waals surface area contributed by atoms with Crippen molar-refractivity contribution < 1.29 is 0 Å². The molecule has 0 radical (unpaired) electrons. The molecule has 0 fully saturated rings. The smallest absolute Gasteiger partial charge is 0.143 e. The molecule has 0 amide bonds. The molecule has 3 aromatic rings. The van der Waals surface area contributed by atoms with E-state index in [1.165, 1.54) is 11.8 Å². The zero-order valence-corrected chi connectivity index (χ0v) is 13.9. The average molecular weight is 343 g/mol. The molecule has 5 nitrogen and oxygen atoms in total. The highest BCUT2D eigenvalue weighted by molar-refractivity contribution is 7.99. The Bertz CT molecular complexity index is 1050.